The van der Waals surface area contributed by atoms with Crippen LogP contribution < -0.4 is 11.3 Å². The molecule has 0 saturated heterocycles. The highest BCUT2D eigenvalue weighted by Gasteiger charge is 2.11. The van der Waals surface area contributed by atoms with E-state index in [1.165, 1.54) is 6.20 Å². The number of aryl methyl sites for hydroxylation is 2. The molecule has 2 aromatic rings. The number of rotatable bonds is 2. The van der Waals surface area contributed by atoms with Crippen LogP contribution in [0.3, 0.4) is 0 Å². The summed E-state index contributed by atoms with van der Waals surface area (Å²) in [7, 11) is 0. The van der Waals surface area contributed by atoms with Crippen LogP contribution in [0.25, 0.3) is 11.4 Å². The lowest BCUT2D eigenvalue weighted by molar-refractivity contribution is 0.0952. The molecule has 0 saturated carbocycles. The van der Waals surface area contributed by atoms with Crippen molar-refractivity contribution in [3.05, 3.63) is 47.3 Å². The second kappa shape index (κ2) is 4.93. The summed E-state index contributed by atoms with van der Waals surface area (Å²) in [5, 5.41) is 0. The smallest absolute Gasteiger partial charge is 0.268 e. The lowest BCUT2D eigenvalue weighted by Crippen LogP contribution is -2.31. The number of nitrogens with zero attached hydrogens (tertiary/aromatic N) is 2. The molecule has 0 aliphatic rings. The highest BCUT2D eigenvalue weighted by molar-refractivity contribution is 5.94. The first-order chi connectivity index (χ1) is 8.61. The summed E-state index contributed by atoms with van der Waals surface area (Å²) >= 11 is 0. The van der Waals surface area contributed by atoms with Crippen molar-refractivity contribution in [2.75, 3.05) is 0 Å². The normalized spacial score (nSPS) is 10.2. The molecule has 1 amide bonds. The molecule has 1 heterocycles. The van der Waals surface area contributed by atoms with Gasteiger partial charge in [-0.1, -0.05) is 23.8 Å². The topological polar surface area (TPSA) is 80.9 Å². The molecular formula is C13H14N4O. The maximum absolute atomic E-state index is 11.4. The van der Waals surface area contributed by atoms with Crippen LogP contribution in [0.5, 0.6) is 0 Å². The fourth-order valence-electron chi connectivity index (χ4n) is 1.69. The lowest BCUT2D eigenvalue weighted by atomic mass is 10.1. The molecule has 0 radical (unpaired) electrons. The van der Waals surface area contributed by atoms with Crippen molar-refractivity contribution in [2.45, 2.75) is 13.8 Å². The third-order valence-corrected chi connectivity index (χ3v) is 2.63. The number of hydrogen-bond donors (Lipinski definition) is 2. The number of amides is 1. The van der Waals surface area contributed by atoms with Gasteiger partial charge >= 0.3 is 0 Å². The summed E-state index contributed by atoms with van der Waals surface area (Å²) in [6, 6.07) is 7.89. The summed E-state index contributed by atoms with van der Waals surface area (Å²) in [4.78, 5) is 19.9. The minimum absolute atomic E-state index is 0.383. The quantitative estimate of drug-likeness (QED) is 0.473. The molecule has 0 bridgehead atoms. The average molecular weight is 242 g/mol. The van der Waals surface area contributed by atoms with E-state index >= 15 is 0 Å². The van der Waals surface area contributed by atoms with E-state index in [2.05, 4.69) is 15.4 Å². The molecule has 0 unspecified atom stereocenters. The Morgan fingerprint density at radius 2 is 2.11 bits per heavy atom. The Hall–Kier alpha value is -2.27. The van der Waals surface area contributed by atoms with Crippen LogP contribution in [-0.2, 0) is 0 Å². The van der Waals surface area contributed by atoms with Crippen LogP contribution in [0, 0.1) is 13.8 Å². The van der Waals surface area contributed by atoms with E-state index in [0.717, 1.165) is 11.1 Å². The molecule has 5 nitrogen and oxygen atoms in total. The van der Waals surface area contributed by atoms with Crippen LogP contribution >= 0.6 is 0 Å². The zero-order valence-electron chi connectivity index (χ0n) is 10.3. The Morgan fingerprint density at radius 3 is 2.72 bits per heavy atom. The number of aromatic nitrogens is 2. The number of hydrazine groups is 1. The number of nitrogen functional groups attached to an aromatic ring is 1. The second-order valence-electron chi connectivity index (χ2n) is 4.04. The van der Waals surface area contributed by atoms with Crippen molar-refractivity contribution < 1.29 is 4.79 Å². The van der Waals surface area contributed by atoms with Crippen molar-refractivity contribution in [3.8, 4) is 11.4 Å². The Morgan fingerprint density at radius 1 is 1.33 bits per heavy atom. The molecule has 1 aromatic heterocycles. The predicted octanol–water partition coefficient (Wildman–Crippen LogP) is 1.36. The second-order valence-corrected chi connectivity index (χ2v) is 4.04. The highest BCUT2D eigenvalue weighted by atomic mass is 16.2. The van der Waals surface area contributed by atoms with Gasteiger partial charge in [-0.3, -0.25) is 10.2 Å². The van der Waals surface area contributed by atoms with Gasteiger partial charge in [-0.2, -0.15) is 0 Å². The van der Waals surface area contributed by atoms with E-state index in [4.69, 9.17) is 5.84 Å². The first kappa shape index (κ1) is 12.2. The van der Waals surface area contributed by atoms with Crippen LogP contribution in [0.4, 0.5) is 0 Å². The van der Waals surface area contributed by atoms with Gasteiger partial charge in [-0.15, -0.1) is 0 Å². The molecule has 0 atom stereocenters. The molecule has 0 aliphatic heterocycles. The van der Waals surface area contributed by atoms with Crippen molar-refractivity contribution in [1.82, 2.24) is 15.4 Å². The average Bonchev–Trinajstić information content (AvgIpc) is 2.37. The van der Waals surface area contributed by atoms with Crippen LogP contribution in [0.15, 0.2) is 30.5 Å². The van der Waals surface area contributed by atoms with Crippen LogP contribution in [0.2, 0.25) is 0 Å². The van der Waals surface area contributed by atoms with Gasteiger partial charge in [0.15, 0.2) is 5.82 Å². The molecule has 0 aliphatic carbocycles. The molecule has 3 N–H and O–H groups in total. The third kappa shape index (κ3) is 2.36. The standard InChI is InChI=1S/C13H14N4O/c1-8-4-3-5-10(6-8)12-15-7-11(9(2)16-12)13(18)17-14/h3-7H,14H2,1-2H3,(H,17,18). The van der Waals surface area contributed by atoms with Gasteiger partial charge in [0.25, 0.3) is 5.91 Å². The van der Waals surface area contributed by atoms with E-state index < -0.39 is 0 Å². The van der Waals surface area contributed by atoms with Crippen molar-refractivity contribution in [1.29, 1.82) is 0 Å². The Kier molecular flexibility index (Phi) is 3.34. The summed E-state index contributed by atoms with van der Waals surface area (Å²) in [6.07, 6.45) is 1.49. The van der Waals surface area contributed by atoms with Gasteiger partial charge in [0, 0.05) is 11.8 Å². The molecule has 0 spiro atoms. The Bertz CT molecular complexity index is 595. The zero-order chi connectivity index (χ0) is 13.1. The largest absolute Gasteiger partial charge is 0.290 e. The number of hydrogen-bond acceptors (Lipinski definition) is 4. The van der Waals surface area contributed by atoms with E-state index in [0.29, 0.717) is 17.1 Å². The molecule has 5 heteroatoms. The number of benzene rings is 1. The summed E-state index contributed by atoms with van der Waals surface area (Å²) < 4.78 is 0. The minimum atomic E-state index is -0.386. The van der Waals surface area contributed by atoms with Crippen molar-refractivity contribution >= 4 is 5.91 Å². The number of nitrogens with two attached hydrogens (primary N) is 1. The zero-order valence-corrected chi connectivity index (χ0v) is 10.3. The SMILES string of the molecule is Cc1cccc(-c2ncc(C(=O)NN)c(C)n2)c1. The molecule has 18 heavy (non-hydrogen) atoms. The van der Waals surface area contributed by atoms with Gasteiger partial charge in [0.05, 0.1) is 11.3 Å². The van der Waals surface area contributed by atoms with Crippen molar-refractivity contribution in [3.63, 3.8) is 0 Å². The van der Waals surface area contributed by atoms with Gasteiger partial charge in [0.2, 0.25) is 0 Å². The van der Waals surface area contributed by atoms with E-state index in [1.807, 2.05) is 31.2 Å². The van der Waals surface area contributed by atoms with E-state index in [1.54, 1.807) is 6.92 Å². The van der Waals surface area contributed by atoms with Gasteiger partial charge in [0.1, 0.15) is 0 Å². The summed E-state index contributed by atoms with van der Waals surface area (Å²) in [5.74, 6) is 5.30. The molecule has 1 aromatic carbocycles. The van der Waals surface area contributed by atoms with Crippen LogP contribution in [-0.4, -0.2) is 15.9 Å². The predicted molar refractivity (Wildman–Crippen MR) is 68.6 cm³/mol. The summed E-state index contributed by atoms with van der Waals surface area (Å²) in [5.41, 5.74) is 5.12. The third-order valence-electron chi connectivity index (χ3n) is 2.63. The monoisotopic (exact) mass is 242 g/mol. The molecular weight excluding hydrogens is 228 g/mol. The van der Waals surface area contributed by atoms with Gasteiger partial charge < -0.3 is 0 Å². The fourth-order valence-corrected chi connectivity index (χ4v) is 1.69. The van der Waals surface area contributed by atoms with Gasteiger partial charge in [-0.05, 0) is 19.9 Å². The minimum Gasteiger partial charge on any atom is -0.290 e. The maximum Gasteiger partial charge on any atom is 0.268 e. The van der Waals surface area contributed by atoms with E-state index in [9.17, 15) is 4.79 Å². The molecule has 2 rings (SSSR count). The molecule has 0 fully saturated rings. The summed E-state index contributed by atoms with van der Waals surface area (Å²) in [6.45, 7) is 3.76. The lowest BCUT2D eigenvalue weighted by Gasteiger charge is -2.06. The van der Waals surface area contributed by atoms with E-state index in [-0.39, 0.29) is 5.91 Å². The fraction of sp³-hybridized carbons (Fsp3) is 0.154. The Labute approximate surface area is 105 Å². The first-order valence-corrected chi connectivity index (χ1v) is 5.53. The Balaban J connectivity index is 2.43. The van der Waals surface area contributed by atoms with Crippen molar-refractivity contribution in [2.24, 2.45) is 5.84 Å². The number of carbonyl (C=O) groups excluding carboxylic acids is 1. The highest BCUT2D eigenvalue weighted by Crippen LogP contribution is 2.17. The number of carbonyl (C=O) groups is 1. The maximum atomic E-state index is 11.4. The van der Waals surface area contributed by atoms with Crippen LogP contribution in [0.1, 0.15) is 21.6 Å². The van der Waals surface area contributed by atoms with Gasteiger partial charge in [-0.25, -0.2) is 15.8 Å². The first-order valence-electron chi connectivity index (χ1n) is 5.53. The number of nitrogens with one attached hydrogen (secondary N) is 1. The molecule has 92 valence electrons.